The molecule has 9 nitrogen and oxygen atoms in total. The summed E-state index contributed by atoms with van der Waals surface area (Å²) in [7, 11) is -3.98. The Morgan fingerprint density at radius 1 is 1.22 bits per heavy atom. The zero-order valence-electron chi connectivity index (χ0n) is 23.1. The maximum Gasteiger partial charge on any atom is 0.265 e. The molecule has 5 rings (SSSR count). The fraction of sp³-hybridized carbons (Fsp3) is 0.414. The van der Waals surface area contributed by atoms with E-state index in [0.29, 0.717) is 5.69 Å². The van der Waals surface area contributed by atoms with Crippen LogP contribution >= 0.6 is 11.6 Å². The Balaban J connectivity index is 1.35. The van der Waals surface area contributed by atoms with Crippen LogP contribution in [0.15, 0.2) is 64.7 Å². The zero-order valence-corrected chi connectivity index (χ0v) is 24.7. The van der Waals surface area contributed by atoms with Crippen LogP contribution in [0.25, 0.3) is 16.9 Å². The number of halogens is 2. The second-order valence-electron chi connectivity index (χ2n) is 10.4. The number of aromatic nitrogens is 4. The van der Waals surface area contributed by atoms with Crippen molar-refractivity contribution in [2.45, 2.75) is 57.3 Å². The minimum Gasteiger partial charge on any atom is -0.471 e. The summed E-state index contributed by atoms with van der Waals surface area (Å²) in [6, 6.07) is 5.68. The number of benzene rings is 1. The Bertz CT molecular complexity index is 1570. The summed E-state index contributed by atoms with van der Waals surface area (Å²) in [4.78, 5) is 6.73. The first kappa shape index (κ1) is 29.1. The van der Waals surface area contributed by atoms with Crippen LogP contribution in [0.1, 0.15) is 52.4 Å². The molecule has 1 aromatic carbocycles. The average Bonchev–Trinajstić information content (AvgIpc) is 3.42. The Morgan fingerprint density at radius 2 is 2.05 bits per heavy atom. The molecule has 1 unspecified atom stereocenters. The summed E-state index contributed by atoms with van der Waals surface area (Å²) in [6.45, 7) is 6.33. The Hall–Kier alpha value is -3.44. The molecule has 3 aromatic heterocycles. The molecule has 1 N–H and O–H groups in total. The van der Waals surface area contributed by atoms with Gasteiger partial charge in [-0.25, -0.2) is 17.5 Å². The maximum atomic E-state index is 15.0. The summed E-state index contributed by atoms with van der Waals surface area (Å²) in [5.41, 5.74) is 2.07. The van der Waals surface area contributed by atoms with Crippen LogP contribution in [-0.2, 0) is 10.0 Å². The lowest BCUT2D eigenvalue weighted by Gasteiger charge is -2.25. The first-order valence-corrected chi connectivity index (χ1v) is 15.8. The molecule has 1 aliphatic carbocycles. The molecular weight excluding hydrogens is 567 g/mol. The predicted molar refractivity (Wildman–Crippen MR) is 157 cm³/mol. The number of hydrogen-bond acceptors (Lipinski definition) is 7. The van der Waals surface area contributed by atoms with E-state index in [4.69, 9.17) is 16.0 Å². The van der Waals surface area contributed by atoms with Crippen molar-refractivity contribution < 1.29 is 17.2 Å². The first-order valence-electron chi connectivity index (χ1n) is 14.0. The van der Waals surface area contributed by atoms with Gasteiger partial charge in [0.1, 0.15) is 22.5 Å². The first-order chi connectivity index (χ1) is 19.8. The average molecular weight is 601 g/mol. The molecule has 0 spiro atoms. The number of hydrogen-bond donors (Lipinski definition) is 1. The Kier molecular flexibility index (Phi) is 8.94. The summed E-state index contributed by atoms with van der Waals surface area (Å²) >= 11 is 6.48. The molecule has 41 heavy (non-hydrogen) atoms. The van der Waals surface area contributed by atoms with Gasteiger partial charge in [0, 0.05) is 24.8 Å². The van der Waals surface area contributed by atoms with Gasteiger partial charge in [-0.3, -0.25) is 9.71 Å². The molecule has 218 valence electrons. The van der Waals surface area contributed by atoms with Crippen molar-refractivity contribution in [1.82, 2.24) is 20.0 Å². The second kappa shape index (κ2) is 12.6. The standard InChI is InChI=1S/C29H34ClFN6O3S/c1-3-12-36(13-5-6-20(4-2)21-7-8-21)23-15-22(16-32-17-23)27-18-37(35-33-27)29-25(31)9-10-26(28(29)30)34-41(38,39)24-11-14-40-19-24/h9-11,14-21,34H,3-8,12-13H2,1-2H3. The van der Waals surface area contributed by atoms with Gasteiger partial charge in [-0.05, 0) is 68.2 Å². The summed E-state index contributed by atoms with van der Waals surface area (Å²) in [6.07, 6.45) is 14.8. The van der Waals surface area contributed by atoms with Gasteiger partial charge in [-0.15, -0.1) is 5.10 Å². The highest BCUT2D eigenvalue weighted by molar-refractivity contribution is 7.92. The number of nitrogens with zero attached hydrogens (tertiary/aromatic N) is 5. The van der Waals surface area contributed by atoms with E-state index in [9.17, 15) is 12.8 Å². The van der Waals surface area contributed by atoms with Crippen LogP contribution in [0.4, 0.5) is 15.8 Å². The van der Waals surface area contributed by atoms with Gasteiger partial charge >= 0.3 is 0 Å². The second-order valence-corrected chi connectivity index (χ2v) is 12.5. The van der Waals surface area contributed by atoms with Crippen LogP contribution in [0.5, 0.6) is 0 Å². The molecule has 1 saturated carbocycles. The van der Waals surface area contributed by atoms with Crippen molar-refractivity contribution >= 4 is 33.0 Å². The number of pyridine rings is 1. The molecule has 0 radical (unpaired) electrons. The predicted octanol–water partition coefficient (Wildman–Crippen LogP) is 6.95. The molecule has 0 saturated heterocycles. The molecule has 0 aliphatic heterocycles. The van der Waals surface area contributed by atoms with Crippen LogP contribution < -0.4 is 9.62 Å². The van der Waals surface area contributed by atoms with Gasteiger partial charge in [-0.2, -0.15) is 0 Å². The van der Waals surface area contributed by atoms with Crippen molar-refractivity contribution in [1.29, 1.82) is 0 Å². The molecule has 1 fully saturated rings. The van der Waals surface area contributed by atoms with Gasteiger partial charge in [-0.1, -0.05) is 37.1 Å². The van der Waals surface area contributed by atoms with Gasteiger partial charge in [0.05, 0.1) is 35.1 Å². The van der Waals surface area contributed by atoms with Crippen LogP contribution in [0.2, 0.25) is 5.02 Å². The number of sulfonamides is 1. The highest BCUT2D eigenvalue weighted by Crippen LogP contribution is 2.40. The van der Waals surface area contributed by atoms with E-state index in [-0.39, 0.29) is 21.3 Å². The highest BCUT2D eigenvalue weighted by Gasteiger charge is 2.29. The van der Waals surface area contributed by atoms with Crippen LogP contribution in [0.3, 0.4) is 0 Å². The Labute approximate surface area is 244 Å². The third-order valence-corrected chi connectivity index (χ3v) is 9.26. The molecule has 0 bridgehead atoms. The van der Waals surface area contributed by atoms with Crippen molar-refractivity contribution in [3.8, 4) is 16.9 Å². The normalized spacial score (nSPS) is 14.2. The minimum absolute atomic E-state index is 0.00724. The van der Waals surface area contributed by atoms with Gasteiger partial charge in [0.2, 0.25) is 0 Å². The lowest BCUT2D eigenvalue weighted by atomic mass is 9.95. The molecule has 12 heteroatoms. The third kappa shape index (κ3) is 6.73. The van der Waals surface area contributed by atoms with Gasteiger partial charge < -0.3 is 9.32 Å². The van der Waals surface area contributed by atoms with Crippen molar-refractivity contribution in [2.24, 2.45) is 11.8 Å². The molecule has 3 heterocycles. The van der Waals surface area contributed by atoms with Crippen molar-refractivity contribution in [3.63, 3.8) is 0 Å². The smallest absolute Gasteiger partial charge is 0.265 e. The van der Waals surface area contributed by atoms with Gasteiger partial charge in [0.25, 0.3) is 10.0 Å². The third-order valence-electron chi connectivity index (χ3n) is 7.53. The zero-order chi connectivity index (χ0) is 29.0. The SMILES string of the molecule is CCCN(CCCC(CC)C1CC1)c1cncc(-c2cn(-c3c(F)ccc(NS(=O)(=O)c4ccoc4)c3Cl)nn2)c1. The van der Waals surface area contributed by atoms with E-state index < -0.39 is 15.8 Å². The van der Waals surface area contributed by atoms with E-state index >= 15 is 0 Å². The number of nitrogens with one attached hydrogen (secondary N) is 1. The Morgan fingerprint density at radius 3 is 2.76 bits per heavy atom. The molecule has 0 amide bonds. The fourth-order valence-electron chi connectivity index (χ4n) is 5.21. The van der Waals surface area contributed by atoms with E-state index in [0.717, 1.165) is 61.3 Å². The van der Waals surface area contributed by atoms with E-state index in [1.54, 1.807) is 12.4 Å². The summed E-state index contributed by atoms with van der Waals surface area (Å²) < 4.78 is 48.7. The maximum absolute atomic E-state index is 15.0. The fourth-order valence-corrected chi connectivity index (χ4v) is 6.55. The lowest BCUT2D eigenvalue weighted by molar-refractivity contribution is 0.403. The minimum atomic E-state index is -3.98. The van der Waals surface area contributed by atoms with E-state index in [1.165, 1.54) is 48.8 Å². The molecule has 1 aliphatic rings. The largest absolute Gasteiger partial charge is 0.471 e. The quantitative estimate of drug-likeness (QED) is 0.167. The van der Waals surface area contributed by atoms with Crippen LogP contribution in [-0.4, -0.2) is 41.5 Å². The molecular formula is C29H34ClFN6O3S. The molecule has 1 atom stereocenters. The van der Waals surface area contributed by atoms with Crippen molar-refractivity contribution in [2.75, 3.05) is 22.7 Å². The van der Waals surface area contributed by atoms with Crippen molar-refractivity contribution in [3.05, 3.63) is 66.2 Å². The monoisotopic (exact) mass is 600 g/mol. The number of furan rings is 1. The summed E-state index contributed by atoms with van der Waals surface area (Å²) in [5.74, 6) is 1.06. The lowest BCUT2D eigenvalue weighted by Crippen LogP contribution is -2.26. The van der Waals surface area contributed by atoms with Crippen LogP contribution in [0, 0.1) is 17.7 Å². The highest BCUT2D eigenvalue weighted by atomic mass is 35.5. The number of anilines is 2. The van der Waals surface area contributed by atoms with E-state index in [2.05, 4.69) is 38.8 Å². The van der Waals surface area contributed by atoms with E-state index in [1.807, 2.05) is 12.3 Å². The topological polar surface area (TPSA) is 106 Å². The molecule has 4 aromatic rings. The summed E-state index contributed by atoms with van der Waals surface area (Å²) in [5, 5.41) is 8.17. The number of rotatable bonds is 14. The van der Waals surface area contributed by atoms with Gasteiger partial charge in [0.15, 0.2) is 5.82 Å².